The molecule has 0 aromatic carbocycles. The summed E-state index contributed by atoms with van der Waals surface area (Å²) in [6.07, 6.45) is 3.40. The Morgan fingerprint density at radius 2 is 2.15 bits per heavy atom. The Morgan fingerprint density at radius 3 is 2.75 bits per heavy atom. The fraction of sp³-hybridized carbons (Fsp3) is 0.583. The highest BCUT2D eigenvalue weighted by Crippen LogP contribution is 2.18. The lowest BCUT2D eigenvalue weighted by atomic mass is 10.3. The van der Waals surface area contributed by atoms with Crippen molar-refractivity contribution in [3.8, 4) is 0 Å². The molecule has 4 N–H and O–H groups in total. The molecule has 0 aliphatic heterocycles. The van der Waals surface area contributed by atoms with E-state index in [9.17, 15) is 13.2 Å². The summed E-state index contributed by atoms with van der Waals surface area (Å²) in [7, 11) is -3.78. The van der Waals surface area contributed by atoms with Crippen LogP contribution in [0.5, 0.6) is 0 Å². The van der Waals surface area contributed by atoms with E-state index in [1.165, 1.54) is 6.07 Å². The third-order valence-corrected chi connectivity index (χ3v) is 3.70. The molecule has 0 radical (unpaired) electrons. The zero-order valence-electron chi connectivity index (χ0n) is 11.1. The molecule has 0 spiro atoms. The summed E-state index contributed by atoms with van der Waals surface area (Å²) in [5.41, 5.74) is 0. The first-order chi connectivity index (χ1) is 9.45. The second-order valence-corrected chi connectivity index (χ2v) is 6.38. The van der Waals surface area contributed by atoms with E-state index in [0.717, 1.165) is 19.3 Å². The van der Waals surface area contributed by atoms with Gasteiger partial charge in [-0.25, -0.2) is 13.6 Å². The minimum atomic E-state index is -3.78. The van der Waals surface area contributed by atoms with Gasteiger partial charge in [-0.15, -0.1) is 0 Å². The van der Waals surface area contributed by atoms with E-state index < -0.39 is 10.0 Å². The van der Waals surface area contributed by atoms with Gasteiger partial charge in [0, 0.05) is 12.5 Å². The van der Waals surface area contributed by atoms with Gasteiger partial charge in [-0.1, -0.05) is 0 Å². The Balaban J connectivity index is 1.60. The lowest BCUT2D eigenvalue weighted by Crippen LogP contribution is -2.26. The number of primary sulfonamides is 1. The maximum atomic E-state index is 11.4. The molecule has 1 aromatic heterocycles. The zero-order chi connectivity index (χ0) is 14.6. The van der Waals surface area contributed by atoms with E-state index in [1.54, 1.807) is 6.07 Å². The third kappa shape index (κ3) is 4.95. The van der Waals surface area contributed by atoms with Gasteiger partial charge in [0.25, 0.3) is 10.0 Å². The Morgan fingerprint density at radius 1 is 1.40 bits per heavy atom. The summed E-state index contributed by atoms with van der Waals surface area (Å²) in [6.45, 7) is 1.06. The van der Waals surface area contributed by atoms with Gasteiger partial charge < -0.3 is 15.1 Å². The van der Waals surface area contributed by atoms with Crippen LogP contribution in [-0.4, -0.2) is 26.9 Å². The molecule has 8 heteroatoms. The molecule has 0 unspecified atom stereocenters. The monoisotopic (exact) mass is 301 g/mol. The van der Waals surface area contributed by atoms with Crippen molar-refractivity contribution >= 4 is 15.9 Å². The van der Waals surface area contributed by atoms with Gasteiger partial charge >= 0.3 is 0 Å². The van der Waals surface area contributed by atoms with Crippen LogP contribution in [-0.2, 0) is 21.4 Å². The average molecular weight is 301 g/mol. The van der Waals surface area contributed by atoms with Crippen LogP contribution < -0.4 is 15.8 Å². The molecule has 1 heterocycles. The molecular weight excluding hydrogens is 282 g/mol. The molecule has 0 bridgehead atoms. The molecule has 2 rings (SSSR count). The summed E-state index contributed by atoms with van der Waals surface area (Å²) >= 11 is 0. The number of hydrogen-bond donors (Lipinski definition) is 3. The second kappa shape index (κ2) is 6.38. The summed E-state index contributed by atoms with van der Waals surface area (Å²) in [4.78, 5) is 11.4. The quantitative estimate of drug-likeness (QED) is 0.588. The fourth-order valence-electron chi connectivity index (χ4n) is 1.72. The smallest absolute Gasteiger partial charge is 0.271 e. The lowest BCUT2D eigenvalue weighted by Gasteiger charge is -2.04. The average Bonchev–Trinajstić information content (AvgIpc) is 3.02. The topological polar surface area (TPSA) is 114 Å². The Bertz CT molecular complexity index is 563. The van der Waals surface area contributed by atoms with Crippen LogP contribution in [0.1, 0.15) is 31.4 Å². The first-order valence-corrected chi connectivity index (χ1v) is 8.11. The molecular formula is C12H19N3O4S. The number of hydrogen-bond acceptors (Lipinski definition) is 5. The van der Waals surface area contributed by atoms with Gasteiger partial charge in [-0.05, 0) is 37.9 Å². The van der Waals surface area contributed by atoms with Crippen LogP contribution in [0.4, 0.5) is 0 Å². The van der Waals surface area contributed by atoms with Crippen molar-refractivity contribution in [3.05, 3.63) is 17.9 Å². The van der Waals surface area contributed by atoms with Crippen LogP contribution in [0, 0.1) is 0 Å². The lowest BCUT2D eigenvalue weighted by molar-refractivity contribution is -0.121. The van der Waals surface area contributed by atoms with Crippen LogP contribution >= 0.6 is 0 Å². The number of carbonyl (C=O) groups is 1. The number of carbonyl (C=O) groups excluding carboxylic acids is 1. The van der Waals surface area contributed by atoms with Crippen LogP contribution in [0.3, 0.4) is 0 Å². The third-order valence-electron chi connectivity index (χ3n) is 2.92. The summed E-state index contributed by atoms with van der Waals surface area (Å²) in [6, 6.07) is 3.29. The summed E-state index contributed by atoms with van der Waals surface area (Å²) < 4.78 is 27.1. The Hall–Kier alpha value is -1.38. The van der Waals surface area contributed by atoms with E-state index >= 15 is 0 Å². The number of amides is 1. The van der Waals surface area contributed by atoms with Gasteiger partial charge in [0.15, 0.2) is 0 Å². The van der Waals surface area contributed by atoms with Crippen molar-refractivity contribution in [2.45, 2.75) is 43.4 Å². The molecule has 1 aromatic rings. The number of nitrogens with one attached hydrogen (secondary N) is 2. The van der Waals surface area contributed by atoms with Crippen molar-refractivity contribution in [1.29, 1.82) is 0 Å². The predicted octanol–water partition coefficient (Wildman–Crippen LogP) is 0.0754. The van der Waals surface area contributed by atoms with Crippen LogP contribution in [0.2, 0.25) is 0 Å². The van der Waals surface area contributed by atoms with Crippen molar-refractivity contribution < 1.29 is 17.6 Å². The normalized spacial score (nSPS) is 15.2. The highest BCUT2D eigenvalue weighted by atomic mass is 32.2. The standard InChI is InChI=1S/C12H19N3O4S/c13-20(17,18)12-6-5-10(19-12)8-14-7-1-2-11(16)15-9-3-4-9/h5-6,9,14H,1-4,7-8H2,(H,15,16)(H2,13,17,18). The van der Waals surface area contributed by atoms with E-state index in [1.807, 2.05) is 0 Å². The maximum absolute atomic E-state index is 11.4. The highest BCUT2D eigenvalue weighted by Gasteiger charge is 2.22. The number of sulfonamides is 1. The highest BCUT2D eigenvalue weighted by molar-refractivity contribution is 7.89. The molecule has 1 fully saturated rings. The number of nitrogens with two attached hydrogens (primary N) is 1. The molecule has 1 aliphatic carbocycles. The molecule has 1 aliphatic rings. The summed E-state index contributed by atoms with van der Waals surface area (Å²) in [5.74, 6) is 0.584. The zero-order valence-corrected chi connectivity index (χ0v) is 11.9. The van der Waals surface area contributed by atoms with Gasteiger partial charge in [-0.2, -0.15) is 0 Å². The van der Waals surface area contributed by atoms with E-state index in [0.29, 0.717) is 31.3 Å². The van der Waals surface area contributed by atoms with E-state index in [4.69, 9.17) is 9.56 Å². The minimum Gasteiger partial charge on any atom is -0.447 e. The van der Waals surface area contributed by atoms with Gasteiger partial charge in [0.1, 0.15) is 5.76 Å². The molecule has 7 nitrogen and oxygen atoms in total. The van der Waals surface area contributed by atoms with Gasteiger partial charge in [-0.3, -0.25) is 4.79 Å². The first-order valence-electron chi connectivity index (χ1n) is 6.57. The van der Waals surface area contributed by atoms with Crippen molar-refractivity contribution in [2.24, 2.45) is 5.14 Å². The summed E-state index contributed by atoms with van der Waals surface area (Å²) in [5, 5.41) is 10.7. The Labute approximate surface area is 118 Å². The molecule has 112 valence electrons. The number of rotatable bonds is 8. The van der Waals surface area contributed by atoms with Crippen molar-refractivity contribution in [3.63, 3.8) is 0 Å². The second-order valence-electron chi connectivity index (χ2n) is 4.89. The van der Waals surface area contributed by atoms with Gasteiger partial charge in [0.05, 0.1) is 6.54 Å². The van der Waals surface area contributed by atoms with Crippen molar-refractivity contribution in [2.75, 3.05) is 6.54 Å². The van der Waals surface area contributed by atoms with Crippen molar-refractivity contribution in [1.82, 2.24) is 10.6 Å². The van der Waals surface area contributed by atoms with Crippen LogP contribution in [0.25, 0.3) is 0 Å². The number of furan rings is 1. The van der Waals surface area contributed by atoms with E-state index in [2.05, 4.69) is 10.6 Å². The van der Waals surface area contributed by atoms with Gasteiger partial charge in [0.2, 0.25) is 11.0 Å². The first kappa shape index (κ1) is 15.0. The molecule has 0 atom stereocenters. The largest absolute Gasteiger partial charge is 0.447 e. The van der Waals surface area contributed by atoms with E-state index in [-0.39, 0.29) is 11.0 Å². The maximum Gasteiger partial charge on any atom is 0.271 e. The molecule has 1 amide bonds. The predicted molar refractivity (Wildman–Crippen MR) is 72.2 cm³/mol. The minimum absolute atomic E-state index is 0.0869. The molecule has 20 heavy (non-hydrogen) atoms. The Kier molecular flexibility index (Phi) is 4.79. The molecule has 1 saturated carbocycles. The SMILES string of the molecule is NS(=O)(=O)c1ccc(CNCCCC(=O)NC2CC2)o1. The molecule has 0 saturated heterocycles. The fourth-order valence-corrected chi connectivity index (χ4v) is 2.20. The van der Waals surface area contributed by atoms with Crippen LogP contribution in [0.15, 0.2) is 21.6 Å².